The summed E-state index contributed by atoms with van der Waals surface area (Å²) in [7, 11) is 1.33. The summed E-state index contributed by atoms with van der Waals surface area (Å²) < 4.78 is 14.9. The first-order chi connectivity index (χ1) is 10.8. The van der Waals surface area contributed by atoms with Crippen LogP contribution in [0.15, 0.2) is 35.3 Å². The maximum atomic E-state index is 13.9. The zero-order valence-corrected chi connectivity index (χ0v) is 12.6. The van der Waals surface area contributed by atoms with Gasteiger partial charge in [-0.3, -0.25) is 9.59 Å². The SMILES string of the molecule is CNC(=O)c1cc(C(=O)O)cn(Cc2cc(C)ccc2F)c1=O. The fraction of sp³-hybridized carbons (Fsp3) is 0.188. The van der Waals surface area contributed by atoms with Crippen molar-refractivity contribution in [3.05, 3.63) is 68.9 Å². The van der Waals surface area contributed by atoms with Gasteiger partial charge in [-0.15, -0.1) is 0 Å². The molecule has 0 fully saturated rings. The van der Waals surface area contributed by atoms with Crippen molar-refractivity contribution in [2.45, 2.75) is 13.5 Å². The Balaban J connectivity index is 2.59. The number of carbonyl (C=O) groups excluding carboxylic acids is 1. The Morgan fingerprint density at radius 2 is 2.00 bits per heavy atom. The predicted molar refractivity (Wildman–Crippen MR) is 81.3 cm³/mol. The summed E-state index contributed by atoms with van der Waals surface area (Å²) in [4.78, 5) is 35.3. The van der Waals surface area contributed by atoms with E-state index in [9.17, 15) is 18.8 Å². The lowest BCUT2D eigenvalue weighted by atomic mass is 10.1. The second-order valence-corrected chi connectivity index (χ2v) is 5.05. The summed E-state index contributed by atoms with van der Waals surface area (Å²) in [5, 5.41) is 11.4. The molecule has 0 aliphatic rings. The van der Waals surface area contributed by atoms with Gasteiger partial charge in [0.1, 0.15) is 11.4 Å². The molecule has 0 aliphatic carbocycles. The number of aryl methyl sites for hydroxylation is 1. The van der Waals surface area contributed by atoms with Gasteiger partial charge in [0.25, 0.3) is 11.5 Å². The second kappa shape index (κ2) is 6.43. The largest absolute Gasteiger partial charge is 0.478 e. The molecular weight excluding hydrogens is 303 g/mol. The minimum absolute atomic E-state index is 0.169. The van der Waals surface area contributed by atoms with Crippen molar-refractivity contribution in [1.29, 1.82) is 0 Å². The molecule has 120 valence electrons. The highest BCUT2D eigenvalue weighted by Gasteiger charge is 2.17. The Morgan fingerprint density at radius 3 is 2.61 bits per heavy atom. The quantitative estimate of drug-likeness (QED) is 0.892. The number of carboxylic acid groups (broad SMARTS) is 1. The summed E-state index contributed by atoms with van der Waals surface area (Å²) in [6, 6.07) is 5.43. The number of rotatable bonds is 4. The molecule has 1 aromatic heterocycles. The van der Waals surface area contributed by atoms with Crippen LogP contribution in [0.5, 0.6) is 0 Å². The standard InChI is InChI=1S/C16H15FN2O4/c1-9-3-4-13(17)10(5-9)7-19-8-11(16(22)23)6-12(15(19)21)14(20)18-2/h3-6,8H,7H2,1-2H3,(H,18,20)(H,22,23). The molecule has 0 unspecified atom stereocenters. The third kappa shape index (κ3) is 3.45. The molecule has 0 bridgehead atoms. The number of halogens is 1. The van der Waals surface area contributed by atoms with Gasteiger partial charge in [-0.2, -0.15) is 0 Å². The number of aromatic nitrogens is 1. The van der Waals surface area contributed by atoms with Gasteiger partial charge in [0.2, 0.25) is 0 Å². The number of hydrogen-bond donors (Lipinski definition) is 2. The molecule has 1 aromatic carbocycles. The van der Waals surface area contributed by atoms with Crippen molar-refractivity contribution < 1.29 is 19.1 Å². The van der Waals surface area contributed by atoms with Crippen molar-refractivity contribution >= 4 is 11.9 Å². The maximum Gasteiger partial charge on any atom is 0.337 e. The average molecular weight is 318 g/mol. The van der Waals surface area contributed by atoms with E-state index in [4.69, 9.17) is 5.11 Å². The number of carbonyl (C=O) groups is 2. The van der Waals surface area contributed by atoms with Gasteiger partial charge in [0.15, 0.2) is 0 Å². The number of carboxylic acids is 1. The van der Waals surface area contributed by atoms with E-state index in [1.807, 2.05) is 0 Å². The molecule has 1 amide bonds. The van der Waals surface area contributed by atoms with E-state index in [0.717, 1.165) is 22.4 Å². The lowest BCUT2D eigenvalue weighted by Crippen LogP contribution is -2.32. The number of pyridine rings is 1. The predicted octanol–water partition coefficient (Wildman–Crippen LogP) is 1.40. The van der Waals surface area contributed by atoms with Crippen molar-refractivity contribution in [3.8, 4) is 0 Å². The number of benzene rings is 1. The van der Waals surface area contributed by atoms with Crippen molar-refractivity contribution in [2.75, 3.05) is 7.05 Å². The van der Waals surface area contributed by atoms with E-state index >= 15 is 0 Å². The first-order valence-electron chi connectivity index (χ1n) is 6.78. The van der Waals surface area contributed by atoms with E-state index < -0.39 is 23.3 Å². The molecule has 0 atom stereocenters. The van der Waals surface area contributed by atoms with Crippen LogP contribution in [-0.4, -0.2) is 28.6 Å². The van der Waals surface area contributed by atoms with Crippen molar-refractivity contribution in [1.82, 2.24) is 9.88 Å². The average Bonchev–Trinajstić information content (AvgIpc) is 2.51. The molecule has 0 spiro atoms. The van der Waals surface area contributed by atoms with Crippen molar-refractivity contribution in [3.63, 3.8) is 0 Å². The number of nitrogens with zero attached hydrogens (tertiary/aromatic N) is 1. The number of amides is 1. The number of hydrogen-bond acceptors (Lipinski definition) is 3. The van der Waals surface area contributed by atoms with Gasteiger partial charge in [0, 0.05) is 18.8 Å². The first kappa shape index (κ1) is 16.4. The monoisotopic (exact) mass is 318 g/mol. The number of nitrogens with one attached hydrogen (secondary N) is 1. The molecule has 2 rings (SSSR count). The maximum absolute atomic E-state index is 13.9. The fourth-order valence-corrected chi connectivity index (χ4v) is 2.18. The normalized spacial score (nSPS) is 10.4. The zero-order chi connectivity index (χ0) is 17.1. The summed E-state index contributed by atoms with van der Waals surface area (Å²) in [6.45, 7) is 1.60. The minimum Gasteiger partial charge on any atom is -0.478 e. The smallest absolute Gasteiger partial charge is 0.337 e. The number of aromatic carboxylic acids is 1. The summed E-state index contributed by atoms with van der Waals surface area (Å²) in [6.07, 6.45) is 1.10. The molecule has 1 heterocycles. The molecule has 0 radical (unpaired) electrons. The Morgan fingerprint density at radius 1 is 1.30 bits per heavy atom. The molecule has 7 heteroatoms. The van der Waals surface area contributed by atoms with Crippen LogP contribution in [0.1, 0.15) is 31.8 Å². The molecule has 0 saturated carbocycles. The van der Waals surface area contributed by atoms with E-state index in [2.05, 4.69) is 5.32 Å². The fourth-order valence-electron chi connectivity index (χ4n) is 2.18. The Kier molecular flexibility index (Phi) is 4.59. The van der Waals surface area contributed by atoms with Crippen LogP contribution in [0.25, 0.3) is 0 Å². The Labute approximate surface area is 131 Å². The topological polar surface area (TPSA) is 88.4 Å². The summed E-state index contributed by atoms with van der Waals surface area (Å²) >= 11 is 0. The third-order valence-electron chi connectivity index (χ3n) is 3.35. The van der Waals surface area contributed by atoms with Crippen LogP contribution in [0, 0.1) is 12.7 Å². The van der Waals surface area contributed by atoms with Gasteiger partial charge in [0.05, 0.1) is 12.1 Å². The second-order valence-electron chi connectivity index (χ2n) is 5.05. The minimum atomic E-state index is -1.28. The molecule has 0 saturated heterocycles. The highest BCUT2D eigenvalue weighted by Crippen LogP contribution is 2.12. The molecule has 23 heavy (non-hydrogen) atoms. The van der Waals surface area contributed by atoms with Crippen LogP contribution in [-0.2, 0) is 6.54 Å². The molecule has 6 nitrogen and oxygen atoms in total. The summed E-state index contributed by atoms with van der Waals surface area (Å²) in [5.74, 6) is -2.49. The van der Waals surface area contributed by atoms with Crippen molar-refractivity contribution in [2.24, 2.45) is 0 Å². The Bertz CT molecular complexity index is 842. The summed E-state index contributed by atoms with van der Waals surface area (Å²) in [5.41, 5.74) is -0.181. The third-order valence-corrected chi connectivity index (χ3v) is 3.35. The van der Waals surface area contributed by atoms with Gasteiger partial charge >= 0.3 is 5.97 Å². The van der Waals surface area contributed by atoms with E-state index in [1.165, 1.54) is 13.1 Å². The highest BCUT2D eigenvalue weighted by molar-refractivity contribution is 5.96. The van der Waals surface area contributed by atoms with E-state index in [0.29, 0.717) is 0 Å². The van der Waals surface area contributed by atoms with Crippen LogP contribution >= 0.6 is 0 Å². The first-order valence-corrected chi connectivity index (χ1v) is 6.78. The molecular formula is C16H15FN2O4. The van der Waals surface area contributed by atoms with Gasteiger partial charge in [-0.25, -0.2) is 9.18 Å². The van der Waals surface area contributed by atoms with Crippen LogP contribution < -0.4 is 10.9 Å². The van der Waals surface area contributed by atoms with Crippen LogP contribution in [0.3, 0.4) is 0 Å². The lowest BCUT2D eigenvalue weighted by molar-refractivity contribution is 0.0696. The van der Waals surface area contributed by atoms with E-state index in [1.54, 1.807) is 19.1 Å². The van der Waals surface area contributed by atoms with Gasteiger partial charge < -0.3 is 15.0 Å². The zero-order valence-electron chi connectivity index (χ0n) is 12.6. The lowest BCUT2D eigenvalue weighted by Gasteiger charge is -2.11. The molecule has 2 N–H and O–H groups in total. The van der Waals surface area contributed by atoms with Gasteiger partial charge in [-0.1, -0.05) is 17.7 Å². The molecule has 2 aromatic rings. The van der Waals surface area contributed by atoms with E-state index in [-0.39, 0.29) is 23.2 Å². The van der Waals surface area contributed by atoms with Gasteiger partial charge in [-0.05, 0) is 19.1 Å². The van der Waals surface area contributed by atoms with Crippen LogP contribution in [0.2, 0.25) is 0 Å². The van der Waals surface area contributed by atoms with Crippen LogP contribution in [0.4, 0.5) is 4.39 Å². The molecule has 0 aliphatic heterocycles. The highest BCUT2D eigenvalue weighted by atomic mass is 19.1. The Hall–Kier alpha value is -2.96.